The van der Waals surface area contributed by atoms with Crippen LogP contribution in [0.15, 0.2) is 59.6 Å². The van der Waals surface area contributed by atoms with Crippen LogP contribution in [-0.4, -0.2) is 22.2 Å². The van der Waals surface area contributed by atoms with E-state index in [0.717, 1.165) is 5.69 Å². The molecule has 122 valence electrons. The van der Waals surface area contributed by atoms with Gasteiger partial charge in [-0.3, -0.25) is 9.59 Å². The summed E-state index contributed by atoms with van der Waals surface area (Å²) in [6, 6.07) is 16.1. The van der Waals surface area contributed by atoms with E-state index in [1.807, 2.05) is 30.3 Å². The van der Waals surface area contributed by atoms with Crippen LogP contribution in [0.3, 0.4) is 0 Å². The monoisotopic (exact) mass is 359 g/mol. The molecule has 0 aromatic heterocycles. The predicted octanol–water partition coefficient (Wildman–Crippen LogP) is 3.59. The van der Waals surface area contributed by atoms with Gasteiger partial charge in [-0.1, -0.05) is 47.6 Å². The second kappa shape index (κ2) is 7.51. The van der Waals surface area contributed by atoms with Crippen molar-refractivity contribution in [1.29, 1.82) is 0 Å². The molecular formula is C17H14ClN3O2S. The Morgan fingerprint density at radius 1 is 1.21 bits per heavy atom. The van der Waals surface area contributed by atoms with E-state index in [1.165, 1.54) is 11.8 Å². The first-order valence-corrected chi connectivity index (χ1v) is 8.52. The molecule has 0 aliphatic carbocycles. The fourth-order valence-electron chi connectivity index (χ4n) is 2.15. The second-order valence-electron chi connectivity index (χ2n) is 5.11. The smallest absolute Gasteiger partial charge is 0.238 e. The molecule has 1 fully saturated rings. The number of halogens is 1. The predicted molar refractivity (Wildman–Crippen MR) is 97.8 cm³/mol. The van der Waals surface area contributed by atoms with Crippen molar-refractivity contribution in [3.63, 3.8) is 0 Å². The number of amidine groups is 1. The molecule has 1 aliphatic heterocycles. The van der Waals surface area contributed by atoms with Crippen molar-refractivity contribution in [2.24, 2.45) is 4.99 Å². The van der Waals surface area contributed by atoms with E-state index in [1.54, 1.807) is 24.3 Å². The minimum absolute atomic E-state index is 0.102. The number of anilines is 1. The number of carbonyl (C=O) groups is 2. The Morgan fingerprint density at radius 2 is 2.00 bits per heavy atom. The van der Waals surface area contributed by atoms with Crippen LogP contribution in [0, 0.1) is 0 Å². The van der Waals surface area contributed by atoms with Crippen LogP contribution in [-0.2, 0) is 9.59 Å². The Labute approximate surface area is 148 Å². The number of thioether (sulfide) groups is 1. The molecule has 24 heavy (non-hydrogen) atoms. The first-order chi connectivity index (χ1) is 11.6. The maximum Gasteiger partial charge on any atom is 0.238 e. The number of aliphatic imine (C=N–C) groups is 1. The van der Waals surface area contributed by atoms with E-state index < -0.39 is 5.25 Å². The highest BCUT2D eigenvalue weighted by atomic mass is 35.5. The summed E-state index contributed by atoms with van der Waals surface area (Å²) in [6.45, 7) is 0. The molecule has 0 radical (unpaired) electrons. The van der Waals surface area contributed by atoms with Crippen LogP contribution in [0.5, 0.6) is 0 Å². The molecule has 0 unspecified atom stereocenters. The SMILES string of the molecule is O=C1C[C@H](C(=O)Nc2cccc(Cl)c2)SC(=Nc2ccccc2)N1. The first kappa shape index (κ1) is 16.5. The molecule has 1 saturated heterocycles. The minimum Gasteiger partial charge on any atom is -0.325 e. The number of nitrogens with one attached hydrogen (secondary N) is 2. The molecular weight excluding hydrogens is 346 g/mol. The second-order valence-corrected chi connectivity index (χ2v) is 6.74. The number of para-hydroxylation sites is 1. The normalized spacial score (nSPS) is 19.0. The maximum atomic E-state index is 12.4. The van der Waals surface area contributed by atoms with Gasteiger partial charge in [-0.2, -0.15) is 0 Å². The summed E-state index contributed by atoms with van der Waals surface area (Å²) in [4.78, 5) is 28.7. The first-order valence-electron chi connectivity index (χ1n) is 7.27. The lowest BCUT2D eigenvalue weighted by Crippen LogP contribution is -2.41. The van der Waals surface area contributed by atoms with Crippen LogP contribution in [0.4, 0.5) is 11.4 Å². The molecule has 1 aliphatic rings. The summed E-state index contributed by atoms with van der Waals surface area (Å²) >= 11 is 7.15. The van der Waals surface area contributed by atoms with Gasteiger partial charge >= 0.3 is 0 Å². The fraction of sp³-hybridized carbons (Fsp3) is 0.118. The Morgan fingerprint density at radius 3 is 2.75 bits per heavy atom. The van der Waals surface area contributed by atoms with Gasteiger partial charge in [0.2, 0.25) is 11.8 Å². The molecule has 2 aromatic rings. The molecule has 3 rings (SSSR count). The number of benzene rings is 2. The topological polar surface area (TPSA) is 70.6 Å². The van der Waals surface area contributed by atoms with Crippen molar-refractivity contribution in [1.82, 2.24) is 5.32 Å². The van der Waals surface area contributed by atoms with E-state index in [9.17, 15) is 9.59 Å². The van der Waals surface area contributed by atoms with E-state index >= 15 is 0 Å². The Hall–Kier alpha value is -2.31. The van der Waals surface area contributed by atoms with Crippen molar-refractivity contribution >= 4 is 51.7 Å². The van der Waals surface area contributed by atoms with Gasteiger partial charge < -0.3 is 10.6 Å². The van der Waals surface area contributed by atoms with Gasteiger partial charge in [-0.25, -0.2) is 4.99 Å². The third kappa shape index (κ3) is 4.37. The molecule has 0 spiro atoms. The number of rotatable bonds is 3. The van der Waals surface area contributed by atoms with Crippen LogP contribution >= 0.6 is 23.4 Å². The Balaban J connectivity index is 1.72. The van der Waals surface area contributed by atoms with Gasteiger partial charge in [0.05, 0.1) is 5.69 Å². The van der Waals surface area contributed by atoms with Crippen molar-refractivity contribution in [3.05, 3.63) is 59.6 Å². The molecule has 1 atom stereocenters. The van der Waals surface area contributed by atoms with Crippen LogP contribution in [0.25, 0.3) is 0 Å². The maximum absolute atomic E-state index is 12.4. The molecule has 7 heteroatoms. The van der Waals surface area contributed by atoms with Gasteiger partial charge in [0.1, 0.15) is 5.25 Å². The Kier molecular flexibility index (Phi) is 5.17. The zero-order valence-electron chi connectivity index (χ0n) is 12.5. The van der Waals surface area contributed by atoms with Crippen LogP contribution in [0.1, 0.15) is 6.42 Å². The number of hydrogen-bond acceptors (Lipinski definition) is 4. The zero-order chi connectivity index (χ0) is 16.9. The summed E-state index contributed by atoms with van der Waals surface area (Å²) in [7, 11) is 0. The lowest BCUT2D eigenvalue weighted by molar-refractivity contribution is -0.123. The van der Waals surface area contributed by atoms with E-state index in [-0.39, 0.29) is 18.2 Å². The zero-order valence-corrected chi connectivity index (χ0v) is 14.1. The minimum atomic E-state index is -0.541. The van der Waals surface area contributed by atoms with Gasteiger partial charge in [-0.15, -0.1) is 0 Å². The summed E-state index contributed by atoms with van der Waals surface area (Å²) < 4.78 is 0. The summed E-state index contributed by atoms with van der Waals surface area (Å²) in [5.74, 6) is -0.479. The molecule has 0 bridgehead atoms. The Bertz CT molecular complexity index is 795. The van der Waals surface area contributed by atoms with E-state index in [0.29, 0.717) is 15.9 Å². The van der Waals surface area contributed by atoms with Crippen molar-refractivity contribution in [3.8, 4) is 0 Å². The van der Waals surface area contributed by atoms with Gasteiger partial charge in [0, 0.05) is 17.1 Å². The molecule has 2 amide bonds. The number of hydrogen-bond donors (Lipinski definition) is 2. The fourth-order valence-corrected chi connectivity index (χ4v) is 3.35. The van der Waals surface area contributed by atoms with Gasteiger partial charge in [0.15, 0.2) is 5.17 Å². The van der Waals surface area contributed by atoms with Crippen LogP contribution < -0.4 is 10.6 Å². The van der Waals surface area contributed by atoms with Crippen molar-refractivity contribution in [2.45, 2.75) is 11.7 Å². The average Bonchev–Trinajstić information content (AvgIpc) is 2.55. The van der Waals surface area contributed by atoms with Crippen LogP contribution in [0.2, 0.25) is 5.02 Å². The lowest BCUT2D eigenvalue weighted by atomic mass is 10.2. The summed E-state index contributed by atoms with van der Waals surface area (Å²) in [6.07, 6.45) is 0.102. The standard InChI is InChI=1S/C17H14ClN3O2S/c18-11-5-4-8-13(9-11)19-16(23)14-10-15(22)21-17(24-14)20-12-6-2-1-3-7-12/h1-9,14H,10H2,(H,19,23)(H,20,21,22)/t14-/m1/s1. The summed E-state index contributed by atoms with van der Waals surface area (Å²) in [5, 5.41) is 5.89. The number of amides is 2. The van der Waals surface area contributed by atoms with E-state index in [4.69, 9.17) is 11.6 Å². The number of carbonyl (C=O) groups excluding carboxylic acids is 2. The highest BCUT2D eigenvalue weighted by molar-refractivity contribution is 8.15. The van der Waals surface area contributed by atoms with Crippen molar-refractivity contribution < 1.29 is 9.59 Å². The number of nitrogens with zero attached hydrogens (tertiary/aromatic N) is 1. The third-order valence-corrected chi connectivity index (χ3v) is 4.56. The summed E-state index contributed by atoms with van der Waals surface area (Å²) in [5.41, 5.74) is 1.32. The molecule has 2 N–H and O–H groups in total. The highest BCUT2D eigenvalue weighted by Gasteiger charge is 2.30. The highest BCUT2D eigenvalue weighted by Crippen LogP contribution is 2.25. The molecule has 2 aromatic carbocycles. The molecule has 5 nitrogen and oxygen atoms in total. The third-order valence-electron chi connectivity index (χ3n) is 3.24. The van der Waals surface area contributed by atoms with Gasteiger partial charge in [-0.05, 0) is 30.3 Å². The van der Waals surface area contributed by atoms with Gasteiger partial charge in [0.25, 0.3) is 0 Å². The lowest BCUT2D eigenvalue weighted by Gasteiger charge is -2.22. The largest absolute Gasteiger partial charge is 0.325 e. The van der Waals surface area contributed by atoms with E-state index in [2.05, 4.69) is 15.6 Å². The van der Waals surface area contributed by atoms with Crippen molar-refractivity contribution in [2.75, 3.05) is 5.32 Å². The molecule has 0 saturated carbocycles. The quantitative estimate of drug-likeness (QED) is 0.879. The average molecular weight is 360 g/mol. The molecule has 1 heterocycles.